The Hall–Kier alpha value is -1.31. The molecule has 1 aliphatic carbocycles. The molecule has 12 heavy (non-hydrogen) atoms. The third-order valence-electron chi connectivity index (χ3n) is 2.39. The second kappa shape index (κ2) is 2.63. The molecule has 0 heterocycles. The van der Waals surface area contributed by atoms with E-state index in [4.69, 9.17) is 11.1 Å². The topological polar surface area (TPSA) is 49.9 Å². The molecule has 0 bridgehead atoms. The van der Waals surface area contributed by atoms with Crippen LogP contribution in [0.3, 0.4) is 0 Å². The van der Waals surface area contributed by atoms with Gasteiger partial charge in [0.2, 0.25) is 0 Å². The number of hydrogen-bond acceptors (Lipinski definition) is 2. The monoisotopic (exact) mass is 160 g/mol. The van der Waals surface area contributed by atoms with Crippen molar-refractivity contribution in [2.45, 2.75) is 19.3 Å². The van der Waals surface area contributed by atoms with E-state index < -0.39 is 0 Å². The van der Waals surface area contributed by atoms with Gasteiger partial charge < -0.3 is 11.1 Å². The number of nitrogens with two attached hydrogens (primary N) is 1. The van der Waals surface area contributed by atoms with Crippen LogP contribution in [0.2, 0.25) is 0 Å². The lowest BCUT2D eigenvalue weighted by atomic mass is 9.89. The lowest BCUT2D eigenvalue weighted by Gasteiger charge is -2.17. The number of benzene rings is 1. The summed E-state index contributed by atoms with van der Waals surface area (Å²) in [4.78, 5) is 0. The molecule has 0 aromatic heterocycles. The maximum atomic E-state index is 7.71. The Morgan fingerprint density at radius 3 is 2.83 bits per heavy atom. The quantitative estimate of drug-likeness (QED) is 0.560. The molecule has 2 heteroatoms. The van der Waals surface area contributed by atoms with Gasteiger partial charge in [0, 0.05) is 17.0 Å². The van der Waals surface area contributed by atoms with Gasteiger partial charge >= 0.3 is 0 Å². The molecule has 0 radical (unpaired) electrons. The largest absolute Gasteiger partial charge is 0.398 e. The zero-order valence-electron chi connectivity index (χ0n) is 6.93. The van der Waals surface area contributed by atoms with Crippen LogP contribution in [-0.4, -0.2) is 5.71 Å². The van der Waals surface area contributed by atoms with Crippen LogP contribution in [0.1, 0.15) is 24.0 Å². The van der Waals surface area contributed by atoms with Crippen molar-refractivity contribution in [3.05, 3.63) is 29.3 Å². The minimum Gasteiger partial charge on any atom is -0.398 e. The Labute approximate surface area is 71.9 Å². The molecule has 2 nitrogen and oxygen atoms in total. The third kappa shape index (κ3) is 0.998. The average Bonchev–Trinajstić information content (AvgIpc) is 2.07. The van der Waals surface area contributed by atoms with Crippen molar-refractivity contribution < 1.29 is 0 Å². The number of nitrogen functional groups attached to an aromatic ring is 1. The van der Waals surface area contributed by atoms with Crippen LogP contribution >= 0.6 is 0 Å². The summed E-state index contributed by atoms with van der Waals surface area (Å²) < 4.78 is 0. The lowest BCUT2D eigenvalue weighted by Crippen LogP contribution is -2.12. The van der Waals surface area contributed by atoms with Crippen LogP contribution in [-0.2, 0) is 6.42 Å². The molecule has 0 atom stereocenters. The highest BCUT2D eigenvalue weighted by Gasteiger charge is 2.14. The maximum absolute atomic E-state index is 7.71. The fourth-order valence-corrected chi connectivity index (χ4v) is 1.74. The first-order valence-electron chi connectivity index (χ1n) is 4.24. The molecule has 0 aliphatic heterocycles. The van der Waals surface area contributed by atoms with E-state index in [0.717, 1.165) is 36.2 Å². The van der Waals surface area contributed by atoms with E-state index in [0.29, 0.717) is 0 Å². The molecular weight excluding hydrogens is 148 g/mol. The lowest BCUT2D eigenvalue weighted by molar-refractivity contribution is 0.837. The summed E-state index contributed by atoms with van der Waals surface area (Å²) in [5.74, 6) is 0. The van der Waals surface area contributed by atoms with Crippen LogP contribution in [0.5, 0.6) is 0 Å². The Kier molecular flexibility index (Phi) is 1.61. The fraction of sp³-hybridized carbons (Fsp3) is 0.300. The average molecular weight is 160 g/mol. The Bertz CT molecular complexity index is 329. The predicted octanol–water partition coefficient (Wildman–Crippen LogP) is 1.97. The van der Waals surface area contributed by atoms with E-state index >= 15 is 0 Å². The van der Waals surface area contributed by atoms with Gasteiger partial charge in [-0.2, -0.15) is 0 Å². The first-order chi connectivity index (χ1) is 5.79. The Morgan fingerprint density at radius 2 is 2.08 bits per heavy atom. The van der Waals surface area contributed by atoms with Gasteiger partial charge in [0.25, 0.3) is 0 Å². The highest BCUT2D eigenvalue weighted by molar-refractivity contribution is 6.01. The molecule has 1 aromatic carbocycles. The summed E-state index contributed by atoms with van der Waals surface area (Å²) in [6.45, 7) is 0. The van der Waals surface area contributed by atoms with Gasteiger partial charge in [-0.3, -0.25) is 0 Å². The van der Waals surface area contributed by atoms with Crippen molar-refractivity contribution in [2.24, 2.45) is 0 Å². The molecule has 2 rings (SSSR count). The van der Waals surface area contributed by atoms with Gasteiger partial charge in [-0.15, -0.1) is 0 Å². The van der Waals surface area contributed by atoms with Crippen LogP contribution in [0, 0.1) is 5.41 Å². The minimum absolute atomic E-state index is 0.739. The molecular formula is C10H12N2. The molecule has 0 fully saturated rings. The number of nitrogens with one attached hydrogen (secondary N) is 1. The van der Waals surface area contributed by atoms with Crippen molar-refractivity contribution in [3.8, 4) is 0 Å². The summed E-state index contributed by atoms with van der Waals surface area (Å²) in [6, 6.07) is 5.83. The predicted molar refractivity (Wildman–Crippen MR) is 50.6 cm³/mol. The van der Waals surface area contributed by atoms with Crippen molar-refractivity contribution in [1.29, 1.82) is 5.41 Å². The highest BCUT2D eigenvalue weighted by Crippen LogP contribution is 2.25. The van der Waals surface area contributed by atoms with Gasteiger partial charge in [0.1, 0.15) is 0 Å². The molecule has 0 unspecified atom stereocenters. The molecule has 3 N–H and O–H groups in total. The molecule has 1 aromatic rings. The van der Waals surface area contributed by atoms with Crippen LogP contribution in [0.25, 0.3) is 0 Å². The molecule has 62 valence electrons. The van der Waals surface area contributed by atoms with E-state index in [-0.39, 0.29) is 0 Å². The highest BCUT2D eigenvalue weighted by atomic mass is 14.6. The fourth-order valence-electron chi connectivity index (χ4n) is 1.74. The van der Waals surface area contributed by atoms with Gasteiger partial charge in [-0.1, -0.05) is 12.1 Å². The van der Waals surface area contributed by atoms with Crippen LogP contribution in [0.4, 0.5) is 5.69 Å². The summed E-state index contributed by atoms with van der Waals surface area (Å²) in [5.41, 5.74) is 9.62. The Morgan fingerprint density at radius 1 is 1.25 bits per heavy atom. The van der Waals surface area contributed by atoms with Gasteiger partial charge in [-0.05, 0) is 30.9 Å². The van der Waals surface area contributed by atoms with Crippen molar-refractivity contribution >= 4 is 11.4 Å². The van der Waals surface area contributed by atoms with Crippen molar-refractivity contribution in [3.63, 3.8) is 0 Å². The molecule has 0 saturated heterocycles. The number of fused-ring (bicyclic) bond motifs is 1. The molecule has 1 aliphatic rings. The van der Waals surface area contributed by atoms with E-state index in [1.807, 2.05) is 18.2 Å². The number of rotatable bonds is 0. The smallest absolute Gasteiger partial charge is 0.0389 e. The van der Waals surface area contributed by atoms with Crippen LogP contribution in [0.15, 0.2) is 18.2 Å². The SMILES string of the molecule is N=C1CCCc2c(N)cccc21. The first kappa shape index (κ1) is 7.35. The molecule has 0 amide bonds. The van der Waals surface area contributed by atoms with Crippen molar-refractivity contribution in [2.75, 3.05) is 5.73 Å². The zero-order valence-corrected chi connectivity index (χ0v) is 6.93. The maximum Gasteiger partial charge on any atom is 0.0389 e. The van der Waals surface area contributed by atoms with E-state index in [9.17, 15) is 0 Å². The van der Waals surface area contributed by atoms with Crippen LogP contribution < -0.4 is 5.73 Å². The summed E-state index contributed by atoms with van der Waals surface area (Å²) >= 11 is 0. The first-order valence-corrected chi connectivity index (χ1v) is 4.24. The molecule has 0 spiro atoms. The second-order valence-electron chi connectivity index (χ2n) is 3.21. The summed E-state index contributed by atoms with van der Waals surface area (Å²) in [6.07, 6.45) is 3.00. The summed E-state index contributed by atoms with van der Waals surface area (Å²) in [7, 11) is 0. The number of hydrogen-bond donors (Lipinski definition) is 2. The van der Waals surface area contributed by atoms with Gasteiger partial charge in [-0.25, -0.2) is 0 Å². The van der Waals surface area contributed by atoms with Crippen molar-refractivity contribution in [1.82, 2.24) is 0 Å². The Balaban J connectivity index is 2.59. The zero-order chi connectivity index (χ0) is 8.55. The molecule has 0 saturated carbocycles. The standard InChI is InChI=1S/C10H12N2/c11-9-5-1-3-7-8(9)4-2-6-10(7)12/h1,3,5,12H,2,4,6,11H2. The van der Waals surface area contributed by atoms with E-state index in [2.05, 4.69) is 0 Å². The third-order valence-corrected chi connectivity index (χ3v) is 2.39. The summed E-state index contributed by atoms with van der Waals surface area (Å²) in [5, 5.41) is 7.71. The van der Waals surface area contributed by atoms with E-state index in [1.54, 1.807) is 0 Å². The number of anilines is 1. The normalized spacial score (nSPS) is 15.8. The van der Waals surface area contributed by atoms with Gasteiger partial charge in [0.05, 0.1) is 0 Å². The minimum atomic E-state index is 0.739. The second-order valence-corrected chi connectivity index (χ2v) is 3.21. The van der Waals surface area contributed by atoms with E-state index in [1.165, 1.54) is 5.56 Å². The van der Waals surface area contributed by atoms with Gasteiger partial charge in [0.15, 0.2) is 0 Å².